The third-order valence-electron chi connectivity index (χ3n) is 4.93. The van der Waals surface area contributed by atoms with Crippen LogP contribution < -0.4 is 4.74 Å². The van der Waals surface area contributed by atoms with Crippen LogP contribution in [0.4, 0.5) is 0 Å². The van der Waals surface area contributed by atoms with Crippen LogP contribution in [0.1, 0.15) is 32.3 Å². The predicted octanol–water partition coefficient (Wildman–Crippen LogP) is 2.28. The molecular formula is C18H23NO5S. The second-order valence-corrected chi connectivity index (χ2v) is 8.77. The van der Waals surface area contributed by atoms with Crippen molar-refractivity contribution in [3.8, 4) is 5.75 Å². The average Bonchev–Trinajstić information content (AvgIpc) is 2.52. The number of rotatable bonds is 3. The highest BCUT2D eigenvalue weighted by molar-refractivity contribution is 7.88. The lowest BCUT2D eigenvalue weighted by Gasteiger charge is -2.51. The van der Waals surface area contributed by atoms with E-state index in [0.29, 0.717) is 6.61 Å². The molecular weight excluding hydrogens is 342 g/mol. The highest BCUT2D eigenvalue weighted by Gasteiger charge is 2.52. The molecule has 2 aliphatic heterocycles. The number of para-hydroxylation sites is 1. The Balaban J connectivity index is 2.21. The average molecular weight is 365 g/mol. The molecule has 136 valence electrons. The minimum absolute atomic E-state index is 0.0762. The molecule has 1 aromatic rings. The molecule has 0 aliphatic carbocycles. The summed E-state index contributed by atoms with van der Waals surface area (Å²) < 4.78 is 37.1. The minimum atomic E-state index is -3.67. The Kier molecular flexibility index (Phi) is 4.31. The second-order valence-electron chi connectivity index (χ2n) is 6.93. The number of carbonyl (C=O) groups is 1. The van der Waals surface area contributed by atoms with Crippen molar-refractivity contribution >= 4 is 16.0 Å². The summed E-state index contributed by atoms with van der Waals surface area (Å²) in [6.07, 6.45) is 2.83. The summed E-state index contributed by atoms with van der Waals surface area (Å²) in [5.41, 5.74) is 0.205. The van der Waals surface area contributed by atoms with E-state index in [2.05, 4.69) is 0 Å². The lowest BCUT2D eigenvalue weighted by atomic mass is 9.71. The maximum absolute atomic E-state index is 12.5. The molecule has 0 saturated heterocycles. The lowest BCUT2D eigenvalue weighted by Crippen LogP contribution is -2.58. The molecule has 1 aromatic carbocycles. The van der Waals surface area contributed by atoms with Crippen LogP contribution >= 0.6 is 0 Å². The summed E-state index contributed by atoms with van der Waals surface area (Å²) in [6.45, 7) is 5.92. The van der Waals surface area contributed by atoms with E-state index in [1.807, 2.05) is 38.1 Å². The zero-order chi connectivity index (χ0) is 18.4. The van der Waals surface area contributed by atoms with Crippen molar-refractivity contribution in [2.24, 2.45) is 5.92 Å². The molecule has 0 fully saturated rings. The quantitative estimate of drug-likeness (QED) is 0.769. The zero-order valence-corrected chi connectivity index (χ0v) is 15.7. The maximum Gasteiger partial charge on any atom is 0.355 e. The molecule has 2 heterocycles. The van der Waals surface area contributed by atoms with Gasteiger partial charge in [-0.3, -0.25) is 4.31 Å². The molecule has 25 heavy (non-hydrogen) atoms. The molecule has 0 bridgehead atoms. The molecule has 0 aromatic heterocycles. The Labute approximate surface area is 148 Å². The monoisotopic (exact) mass is 365 g/mol. The van der Waals surface area contributed by atoms with Gasteiger partial charge in [-0.1, -0.05) is 18.2 Å². The number of benzene rings is 1. The summed E-state index contributed by atoms with van der Waals surface area (Å²) in [4.78, 5) is 12.5. The highest BCUT2D eigenvalue weighted by atomic mass is 32.2. The number of fused-ring (bicyclic) bond motifs is 3. The number of hydrogen-bond donors (Lipinski definition) is 0. The molecule has 2 aliphatic rings. The fourth-order valence-electron chi connectivity index (χ4n) is 3.90. The first kappa shape index (κ1) is 17.8. The fourth-order valence-corrected chi connectivity index (χ4v) is 5.38. The molecule has 0 unspecified atom stereocenters. The van der Waals surface area contributed by atoms with Crippen LogP contribution in [-0.2, 0) is 19.6 Å². The number of sulfonamides is 1. The van der Waals surface area contributed by atoms with Crippen LogP contribution in [0.5, 0.6) is 5.75 Å². The van der Waals surface area contributed by atoms with Gasteiger partial charge < -0.3 is 9.47 Å². The SMILES string of the molecule is CCOC(=O)C1=C[C@H]2c3ccccc3OC[C@H]2C(C)(C)N1S(C)(=O)=O. The summed E-state index contributed by atoms with van der Waals surface area (Å²) in [5.74, 6) is -0.0807. The van der Waals surface area contributed by atoms with Gasteiger partial charge in [0.1, 0.15) is 11.4 Å². The minimum Gasteiger partial charge on any atom is -0.493 e. The van der Waals surface area contributed by atoms with Crippen molar-refractivity contribution in [3.63, 3.8) is 0 Å². The van der Waals surface area contributed by atoms with Gasteiger partial charge in [0.2, 0.25) is 10.0 Å². The number of carbonyl (C=O) groups excluding carboxylic acids is 1. The van der Waals surface area contributed by atoms with Crippen molar-refractivity contribution in [1.29, 1.82) is 0 Å². The van der Waals surface area contributed by atoms with Gasteiger partial charge in [0.15, 0.2) is 0 Å². The van der Waals surface area contributed by atoms with E-state index in [1.165, 1.54) is 4.31 Å². The topological polar surface area (TPSA) is 72.9 Å². The van der Waals surface area contributed by atoms with Crippen molar-refractivity contribution in [2.45, 2.75) is 32.2 Å². The van der Waals surface area contributed by atoms with E-state index in [-0.39, 0.29) is 24.1 Å². The van der Waals surface area contributed by atoms with E-state index in [0.717, 1.165) is 17.6 Å². The lowest BCUT2D eigenvalue weighted by molar-refractivity contribution is -0.141. The molecule has 3 rings (SSSR count). The predicted molar refractivity (Wildman–Crippen MR) is 93.6 cm³/mol. The smallest absolute Gasteiger partial charge is 0.355 e. The molecule has 0 spiro atoms. The first-order chi connectivity index (χ1) is 11.7. The van der Waals surface area contributed by atoms with Gasteiger partial charge in [0.05, 0.1) is 25.0 Å². The fraction of sp³-hybridized carbons (Fsp3) is 0.500. The van der Waals surface area contributed by atoms with Crippen LogP contribution in [-0.4, -0.2) is 43.7 Å². The maximum atomic E-state index is 12.5. The van der Waals surface area contributed by atoms with Crippen LogP contribution in [0.25, 0.3) is 0 Å². The number of esters is 1. The van der Waals surface area contributed by atoms with Gasteiger partial charge in [0.25, 0.3) is 0 Å². The molecule has 0 saturated carbocycles. The molecule has 2 atom stereocenters. The van der Waals surface area contributed by atoms with E-state index in [9.17, 15) is 13.2 Å². The number of hydrogen-bond acceptors (Lipinski definition) is 5. The largest absolute Gasteiger partial charge is 0.493 e. The van der Waals surface area contributed by atoms with Crippen LogP contribution in [0.15, 0.2) is 36.0 Å². The van der Waals surface area contributed by atoms with Gasteiger partial charge in [-0.2, -0.15) is 0 Å². The normalized spacial score (nSPS) is 24.5. The summed E-state index contributed by atoms with van der Waals surface area (Å²) >= 11 is 0. The third kappa shape index (κ3) is 2.90. The van der Waals surface area contributed by atoms with Gasteiger partial charge in [-0.25, -0.2) is 13.2 Å². The van der Waals surface area contributed by atoms with E-state index in [1.54, 1.807) is 13.0 Å². The Morgan fingerprint density at radius 3 is 2.68 bits per heavy atom. The number of nitrogens with zero attached hydrogens (tertiary/aromatic N) is 1. The first-order valence-corrected chi connectivity index (χ1v) is 10.1. The Bertz CT molecular complexity index is 828. The Morgan fingerprint density at radius 1 is 1.36 bits per heavy atom. The third-order valence-corrected chi connectivity index (χ3v) is 6.26. The van der Waals surface area contributed by atoms with Crippen LogP contribution in [0, 0.1) is 5.92 Å². The van der Waals surface area contributed by atoms with Gasteiger partial charge >= 0.3 is 5.97 Å². The van der Waals surface area contributed by atoms with Crippen molar-refractivity contribution in [2.75, 3.05) is 19.5 Å². The molecule has 6 nitrogen and oxygen atoms in total. The van der Waals surface area contributed by atoms with Gasteiger partial charge in [0, 0.05) is 17.4 Å². The standard InChI is InChI=1S/C18H23NO5S/c1-5-23-17(20)15-10-13-12-8-6-7-9-16(12)24-11-14(13)18(2,3)19(15)25(4,21)22/h6-10,13-14H,5,11H2,1-4H3/t13-,14+/m0/s1. The summed E-state index contributed by atoms with van der Waals surface area (Å²) in [7, 11) is -3.67. The summed E-state index contributed by atoms with van der Waals surface area (Å²) in [6, 6.07) is 7.65. The van der Waals surface area contributed by atoms with E-state index >= 15 is 0 Å². The Morgan fingerprint density at radius 2 is 2.04 bits per heavy atom. The first-order valence-electron chi connectivity index (χ1n) is 8.29. The molecule has 0 radical (unpaired) electrons. The van der Waals surface area contributed by atoms with Crippen molar-refractivity contribution in [3.05, 3.63) is 41.6 Å². The Hall–Kier alpha value is -2.02. The molecule has 7 heteroatoms. The second kappa shape index (κ2) is 6.05. The highest BCUT2D eigenvalue weighted by Crippen LogP contribution is 2.49. The van der Waals surface area contributed by atoms with E-state index in [4.69, 9.17) is 9.47 Å². The number of allylic oxidation sites excluding steroid dienone is 1. The molecule has 0 amide bonds. The summed E-state index contributed by atoms with van der Waals surface area (Å²) in [5, 5.41) is 0. The van der Waals surface area contributed by atoms with Crippen LogP contribution in [0.3, 0.4) is 0 Å². The number of ether oxygens (including phenoxy) is 2. The van der Waals surface area contributed by atoms with E-state index < -0.39 is 21.5 Å². The molecule has 0 N–H and O–H groups in total. The van der Waals surface area contributed by atoms with Gasteiger partial charge in [-0.05, 0) is 32.9 Å². The van der Waals surface area contributed by atoms with Crippen molar-refractivity contribution < 1.29 is 22.7 Å². The van der Waals surface area contributed by atoms with Crippen LogP contribution in [0.2, 0.25) is 0 Å². The zero-order valence-electron chi connectivity index (χ0n) is 14.9. The van der Waals surface area contributed by atoms with Crippen molar-refractivity contribution in [1.82, 2.24) is 4.31 Å². The van der Waals surface area contributed by atoms with Gasteiger partial charge in [-0.15, -0.1) is 0 Å².